The number of anilines is 2. The first-order valence-corrected chi connectivity index (χ1v) is 24.7. The second-order valence-electron chi connectivity index (χ2n) is 21.5. The number of hydrogen-bond acceptors (Lipinski definition) is 2. The Bertz CT molecular complexity index is 4170. The maximum absolute atomic E-state index is 5.48. The van der Waals surface area contributed by atoms with E-state index in [4.69, 9.17) is 4.98 Å². The van der Waals surface area contributed by atoms with Gasteiger partial charge in [-0.25, -0.2) is 4.98 Å². The highest BCUT2D eigenvalue weighted by atomic mass is 15.1. The molecule has 0 unspecified atom stereocenters. The molecule has 1 aliphatic carbocycles. The van der Waals surface area contributed by atoms with Gasteiger partial charge < -0.3 is 18.5 Å². The molecule has 0 spiro atoms. The lowest BCUT2D eigenvalue weighted by Gasteiger charge is -2.46. The lowest BCUT2D eigenvalue weighted by atomic mass is 9.43. The Hall–Kier alpha value is -7.83. The van der Waals surface area contributed by atoms with E-state index in [9.17, 15) is 0 Å². The van der Waals surface area contributed by atoms with Gasteiger partial charge in [0, 0.05) is 56.8 Å². The number of imidazole rings is 1. The van der Waals surface area contributed by atoms with Gasteiger partial charge in [0.25, 0.3) is 0 Å². The van der Waals surface area contributed by atoms with Crippen LogP contribution in [0.1, 0.15) is 57.2 Å². The van der Waals surface area contributed by atoms with Crippen molar-refractivity contribution in [3.05, 3.63) is 187 Å². The quantitative estimate of drug-likeness (QED) is 0.166. The van der Waals surface area contributed by atoms with Crippen LogP contribution >= 0.6 is 0 Å². The Balaban J connectivity index is 1.19. The van der Waals surface area contributed by atoms with Crippen molar-refractivity contribution in [2.24, 2.45) is 7.05 Å². The van der Waals surface area contributed by atoms with Crippen LogP contribution in [0.15, 0.2) is 170 Å². The van der Waals surface area contributed by atoms with Crippen molar-refractivity contribution < 1.29 is 0 Å². The number of fused-ring (bicyclic) bond motifs is 15. The van der Waals surface area contributed by atoms with Crippen LogP contribution in [0, 0.1) is 6.92 Å². The normalized spacial score (nSPS) is 15.4. The van der Waals surface area contributed by atoms with Crippen LogP contribution in [0.2, 0.25) is 0 Å². The number of nitrogens with zero attached hydrogens (tertiary/aromatic N) is 5. The summed E-state index contributed by atoms with van der Waals surface area (Å²) in [4.78, 5) is 8.19. The van der Waals surface area contributed by atoms with Crippen molar-refractivity contribution in [1.29, 1.82) is 0 Å². The zero-order chi connectivity index (χ0) is 46.2. The molecule has 0 amide bonds. The standard InChI is InChI=1S/C63H50BN5/c1-37-24-27-40(28-25-37)69-53-34-47-46(62(2,3)30-31-63(47,4)5)32-44(53)45-33-56(67-50-22-14-12-20-42(50)43-21-13-15-23-51(43)67)58-57-41-19-11-10-16-38(41)26-29-52(57)68-54-36-55-49(35-48(54)64(69)59(45)60(58)68)65-61(66(55)6)39-17-8-7-9-18-39/h7-29,32-36H,30-31H2,1-6H3. The molecule has 0 bridgehead atoms. The molecule has 9 aromatic carbocycles. The predicted molar refractivity (Wildman–Crippen MR) is 291 cm³/mol. The van der Waals surface area contributed by atoms with Gasteiger partial charge in [0.15, 0.2) is 0 Å². The lowest BCUT2D eigenvalue weighted by molar-refractivity contribution is 0.332. The van der Waals surface area contributed by atoms with E-state index in [0.717, 1.165) is 35.3 Å². The Morgan fingerprint density at radius 1 is 0.522 bits per heavy atom. The summed E-state index contributed by atoms with van der Waals surface area (Å²) in [7, 11) is 2.18. The van der Waals surface area contributed by atoms with E-state index in [1.54, 1.807) is 0 Å². The summed E-state index contributed by atoms with van der Waals surface area (Å²) >= 11 is 0. The van der Waals surface area contributed by atoms with Crippen molar-refractivity contribution in [2.75, 3.05) is 4.81 Å². The van der Waals surface area contributed by atoms with Gasteiger partial charge in [0.1, 0.15) is 5.82 Å². The molecule has 3 aromatic heterocycles. The summed E-state index contributed by atoms with van der Waals surface area (Å²) in [6, 6.07) is 64.4. The van der Waals surface area contributed by atoms with Gasteiger partial charge in [-0.2, -0.15) is 0 Å². The highest BCUT2D eigenvalue weighted by Gasteiger charge is 2.47. The topological polar surface area (TPSA) is 30.9 Å². The minimum Gasteiger partial charge on any atom is -0.376 e. The van der Waals surface area contributed by atoms with Crippen molar-refractivity contribution >= 4 is 94.6 Å². The first-order valence-electron chi connectivity index (χ1n) is 24.7. The van der Waals surface area contributed by atoms with Gasteiger partial charge in [-0.1, -0.05) is 142 Å². The van der Waals surface area contributed by atoms with Crippen molar-refractivity contribution in [3.63, 3.8) is 0 Å². The molecule has 5 heterocycles. The average Bonchev–Trinajstić information content (AvgIpc) is 4.02. The second-order valence-corrected chi connectivity index (χ2v) is 21.5. The first-order chi connectivity index (χ1) is 33.6. The minimum absolute atomic E-state index is 0.0170. The van der Waals surface area contributed by atoms with Gasteiger partial charge in [0.2, 0.25) is 0 Å². The highest BCUT2D eigenvalue weighted by Crippen LogP contribution is 2.54. The molecule has 0 saturated carbocycles. The molecule has 3 aliphatic rings. The van der Waals surface area contributed by atoms with Crippen LogP contribution in [0.25, 0.3) is 99.3 Å². The molecule has 15 rings (SSSR count). The SMILES string of the molecule is Cc1ccc(N2B3c4cc5nc(-c6ccccc6)n(C)c5cc4-n4c5ccc6ccccc6c5c5c(-n6c7ccccc7c7ccccc76)cc(c3c54)-c3cc4c(cc32)C(C)(C)CCC4(C)C)cc1. The molecule has 12 aromatic rings. The molecule has 330 valence electrons. The van der Waals surface area contributed by atoms with E-state index in [1.165, 1.54) is 116 Å². The highest BCUT2D eigenvalue weighted by molar-refractivity contribution is 6.94. The fourth-order valence-corrected chi connectivity index (χ4v) is 13.2. The number of para-hydroxylation sites is 2. The van der Waals surface area contributed by atoms with Crippen LogP contribution in [0.4, 0.5) is 11.4 Å². The summed E-state index contributed by atoms with van der Waals surface area (Å²) in [6.45, 7) is 11.9. The van der Waals surface area contributed by atoms with E-state index in [0.29, 0.717) is 0 Å². The first kappa shape index (κ1) is 39.2. The summed E-state index contributed by atoms with van der Waals surface area (Å²) in [6.07, 6.45) is 2.29. The molecule has 0 saturated heterocycles. The van der Waals surface area contributed by atoms with Crippen molar-refractivity contribution in [1.82, 2.24) is 18.7 Å². The maximum Gasteiger partial charge on any atom is 0.333 e. The van der Waals surface area contributed by atoms with Crippen LogP contribution in [0.5, 0.6) is 0 Å². The third-order valence-electron chi connectivity index (χ3n) is 16.7. The minimum atomic E-state index is -0.160. The summed E-state index contributed by atoms with van der Waals surface area (Å²) < 4.78 is 7.53. The average molecular weight is 888 g/mol. The van der Waals surface area contributed by atoms with Gasteiger partial charge in [-0.3, -0.25) is 0 Å². The Labute approximate surface area is 402 Å². The molecular formula is C63H50BN5. The van der Waals surface area contributed by atoms with E-state index in [2.05, 4.69) is 230 Å². The second kappa shape index (κ2) is 13.4. The van der Waals surface area contributed by atoms with Crippen LogP contribution in [-0.4, -0.2) is 25.5 Å². The Morgan fingerprint density at radius 3 is 1.90 bits per heavy atom. The van der Waals surface area contributed by atoms with E-state index >= 15 is 0 Å². The third-order valence-corrected chi connectivity index (χ3v) is 16.7. The Kier molecular flexibility index (Phi) is 7.64. The van der Waals surface area contributed by atoms with E-state index in [-0.39, 0.29) is 17.7 Å². The molecular weight excluding hydrogens is 838 g/mol. The number of rotatable bonds is 3. The van der Waals surface area contributed by atoms with Crippen LogP contribution in [0.3, 0.4) is 0 Å². The summed E-state index contributed by atoms with van der Waals surface area (Å²) in [5.41, 5.74) is 22.4. The fourth-order valence-electron chi connectivity index (χ4n) is 13.2. The molecule has 5 nitrogen and oxygen atoms in total. The van der Waals surface area contributed by atoms with Gasteiger partial charge in [0.05, 0.1) is 38.8 Å². The smallest absolute Gasteiger partial charge is 0.333 e. The van der Waals surface area contributed by atoms with Crippen molar-refractivity contribution in [2.45, 2.75) is 58.3 Å². The molecule has 0 fully saturated rings. The zero-order valence-electron chi connectivity index (χ0n) is 39.9. The van der Waals surface area contributed by atoms with E-state index < -0.39 is 0 Å². The predicted octanol–water partition coefficient (Wildman–Crippen LogP) is 14.5. The van der Waals surface area contributed by atoms with Crippen LogP contribution < -0.4 is 15.7 Å². The third kappa shape index (κ3) is 5.13. The molecule has 69 heavy (non-hydrogen) atoms. The van der Waals surface area contributed by atoms with E-state index in [1.807, 2.05) is 0 Å². The van der Waals surface area contributed by atoms with Crippen molar-refractivity contribution in [3.8, 4) is 33.9 Å². The lowest BCUT2D eigenvalue weighted by Crippen LogP contribution is -2.60. The van der Waals surface area contributed by atoms with Gasteiger partial charge in [-0.15, -0.1) is 0 Å². The fraction of sp³-hybridized carbons (Fsp3) is 0.159. The number of aromatic nitrogens is 4. The monoisotopic (exact) mass is 887 g/mol. The maximum atomic E-state index is 5.48. The summed E-state index contributed by atoms with van der Waals surface area (Å²) in [5.74, 6) is 0.967. The molecule has 0 N–H and O–H groups in total. The summed E-state index contributed by atoms with van der Waals surface area (Å²) in [5, 5.41) is 7.59. The zero-order valence-corrected chi connectivity index (χ0v) is 39.9. The number of benzene rings is 9. The largest absolute Gasteiger partial charge is 0.376 e. The molecule has 2 aliphatic heterocycles. The molecule has 0 radical (unpaired) electrons. The molecule has 0 atom stereocenters. The number of hydrogen-bond donors (Lipinski definition) is 0. The van der Waals surface area contributed by atoms with Crippen LogP contribution in [-0.2, 0) is 17.9 Å². The van der Waals surface area contributed by atoms with Gasteiger partial charge in [-0.05, 0) is 130 Å². The Morgan fingerprint density at radius 2 is 1.17 bits per heavy atom. The molecule has 6 heteroatoms. The van der Waals surface area contributed by atoms with Gasteiger partial charge >= 0.3 is 6.85 Å². The number of aryl methyl sites for hydroxylation is 2.